The second-order valence-electron chi connectivity index (χ2n) is 2.87. The lowest BCUT2D eigenvalue weighted by molar-refractivity contribution is 1.32. The number of hydrogen-bond donors (Lipinski definition) is 1. The van der Waals surface area contributed by atoms with Gasteiger partial charge in [-0.2, -0.15) is 0 Å². The number of rotatable bonds is 1. The van der Waals surface area contributed by atoms with Gasteiger partial charge in [0.05, 0.1) is 5.69 Å². The monoisotopic (exact) mass is 203 g/mol. The normalized spacial score (nSPS) is 10.1. The molecule has 0 spiro atoms. The van der Waals surface area contributed by atoms with E-state index in [-0.39, 0.29) is 0 Å². The molecular weight excluding hydrogens is 196 g/mol. The minimum absolute atomic E-state index is 0.653. The number of nitrogen functional groups attached to an aromatic ring is 1. The fourth-order valence-electron chi connectivity index (χ4n) is 1.22. The van der Waals surface area contributed by atoms with Crippen molar-refractivity contribution in [2.45, 2.75) is 0 Å². The van der Waals surface area contributed by atoms with Crippen LogP contribution in [-0.2, 0) is 0 Å². The molecule has 2 aromatic rings. The Hall–Kier alpha value is -1.54. The molecule has 0 atom stereocenters. The molecule has 2 N–H and O–H groups in total. The summed E-state index contributed by atoms with van der Waals surface area (Å²) in [6.07, 6.45) is 1.68. The molecular formula is C11H8ClN2. The third-order valence-electron chi connectivity index (χ3n) is 1.90. The standard InChI is InChI=1S/C11H8ClN2/c12-8-4-5-10(13)9(7-8)11-3-1-2-6-14-11/h2-7H,13H2. The van der Waals surface area contributed by atoms with Crippen LogP contribution in [0.5, 0.6) is 0 Å². The second kappa shape index (κ2) is 3.68. The van der Waals surface area contributed by atoms with Crippen LogP contribution < -0.4 is 5.73 Å². The molecule has 0 aliphatic carbocycles. The van der Waals surface area contributed by atoms with E-state index in [9.17, 15) is 0 Å². The fraction of sp³-hybridized carbons (Fsp3) is 0. The highest BCUT2D eigenvalue weighted by Crippen LogP contribution is 2.26. The van der Waals surface area contributed by atoms with Gasteiger partial charge < -0.3 is 5.73 Å². The minimum Gasteiger partial charge on any atom is -0.398 e. The van der Waals surface area contributed by atoms with Gasteiger partial charge in [-0.3, -0.25) is 4.98 Å². The molecule has 0 fully saturated rings. The van der Waals surface area contributed by atoms with E-state index in [4.69, 9.17) is 17.3 Å². The number of halogens is 1. The average molecular weight is 204 g/mol. The number of pyridine rings is 1. The van der Waals surface area contributed by atoms with Crippen LogP contribution in [0.25, 0.3) is 11.3 Å². The van der Waals surface area contributed by atoms with Crippen molar-refractivity contribution in [2.75, 3.05) is 5.73 Å². The summed E-state index contributed by atoms with van der Waals surface area (Å²) in [6, 6.07) is 11.8. The van der Waals surface area contributed by atoms with Crippen LogP contribution in [0.3, 0.4) is 0 Å². The van der Waals surface area contributed by atoms with Crippen LogP contribution in [0.2, 0.25) is 5.02 Å². The van der Waals surface area contributed by atoms with E-state index < -0.39 is 0 Å². The lowest BCUT2D eigenvalue weighted by Crippen LogP contribution is -1.91. The van der Waals surface area contributed by atoms with Crippen LogP contribution in [0.4, 0.5) is 5.69 Å². The molecule has 0 aliphatic rings. The molecule has 69 valence electrons. The predicted octanol–water partition coefficient (Wildman–Crippen LogP) is 2.78. The third kappa shape index (κ3) is 1.70. The van der Waals surface area contributed by atoms with Gasteiger partial charge in [0.25, 0.3) is 0 Å². The Labute approximate surface area is 87.4 Å². The van der Waals surface area contributed by atoms with Gasteiger partial charge in [0.15, 0.2) is 0 Å². The van der Waals surface area contributed by atoms with E-state index in [0.29, 0.717) is 10.7 Å². The van der Waals surface area contributed by atoms with Crippen molar-refractivity contribution in [3.8, 4) is 11.3 Å². The SMILES string of the molecule is Nc1ccc(Cl)cc1-c1c[c]ccn1. The van der Waals surface area contributed by atoms with E-state index in [1.165, 1.54) is 0 Å². The van der Waals surface area contributed by atoms with Crippen molar-refractivity contribution >= 4 is 17.3 Å². The van der Waals surface area contributed by atoms with Gasteiger partial charge in [0, 0.05) is 22.5 Å². The van der Waals surface area contributed by atoms with Crippen molar-refractivity contribution in [3.63, 3.8) is 0 Å². The highest BCUT2D eigenvalue weighted by Gasteiger charge is 2.03. The van der Waals surface area contributed by atoms with E-state index in [1.54, 1.807) is 36.5 Å². The zero-order chi connectivity index (χ0) is 9.97. The zero-order valence-corrected chi connectivity index (χ0v) is 8.12. The Balaban J connectivity index is 2.57. The second-order valence-corrected chi connectivity index (χ2v) is 3.31. The molecule has 1 aromatic carbocycles. The summed E-state index contributed by atoms with van der Waals surface area (Å²) in [6.45, 7) is 0. The van der Waals surface area contributed by atoms with E-state index in [0.717, 1.165) is 11.3 Å². The molecule has 0 saturated heterocycles. The lowest BCUT2D eigenvalue weighted by Gasteiger charge is -2.04. The van der Waals surface area contributed by atoms with Gasteiger partial charge in [-0.1, -0.05) is 11.6 Å². The zero-order valence-electron chi connectivity index (χ0n) is 7.37. The van der Waals surface area contributed by atoms with Crippen LogP contribution in [0.1, 0.15) is 0 Å². The topological polar surface area (TPSA) is 38.9 Å². The number of nitrogens with two attached hydrogens (primary N) is 1. The number of nitrogens with zero attached hydrogens (tertiary/aromatic N) is 1. The number of anilines is 1. The molecule has 0 unspecified atom stereocenters. The van der Waals surface area contributed by atoms with Crippen LogP contribution >= 0.6 is 11.6 Å². The summed E-state index contributed by atoms with van der Waals surface area (Å²) < 4.78 is 0. The first-order valence-electron chi connectivity index (χ1n) is 4.15. The predicted molar refractivity (Wildman–Crippen MR) is 57.9 cm³/mol. The van der Waals surface area contributed by atoms with Gasteiger partial charge in [-0.15, -0.1) is 0 Å². The fourth-order valence-corrected chi connectivity index (χ4v) is 1.39. The summed E-state index contributed by atoms with van der Waals surface area (Å²) in [5, 5.41) is 0.653. The first-order chi connectivity index (χ1) is 6.77. The molecule has 0 saturated carbocycles. The summed E-state index contributed by atoms with van der Waals surface area (Å²) in [4.78, 5) is 4.18. The van der Waals surface area contributed by atoms with Gasteiger partial charge >= 0.3 is 0 Å². The molecule has 0 bridgehead atoms. The lowest BCUT2D eigenvalue weighted by atomic mass is 10.1. The molecule has 1 aromatic heterocycles. The Kier molecular flexibility index (Phi) is 2.37. The maximum Gasteiger partial charge on any atom is 0.0729 e. The molecule has 2 rings (SSSR count). The van der Waals surface area contributed by atoms with Gasteiger partial charge in [-0.25, -0.2) is 0 Å². The number of aromatic nitrogens is 1. The van der Waals surface area contributed by atoms with Gasteiger partial charge in [0.1, 0.15) is 0 Å². The highest BCUT2D eigenvalue weighted by molar-refractivity contribution is 6.31. The van der Waals surface area contributed by atoms with Gasteiger partial charge in [0.2, 0.25) is 0 Å². The summed E-state index contributed by atoms with van der Waals surface area (Å²) in [7, 11) is 0. The quantitative estimate of drug-likeness (QED) is 0.724. The van der Waals surface area contributed by atoms with Crippen molar-refractivity contribution in [1.29, 1.82) is 0 Å². The summed E-state index contributed by atoms with van der Waals surface area (Å²) in [5.41, 5.74) is 8.10. The molecule has 3 heteroatoms. The summed E-state index contributed by atoms with van der Waals surface area (Å²) >= 11 is 5.87. The summed E-state index contributed by atoms with van der Waals surface area (Å²) in [5.74, 6) is 0. The van der Waals surface area contributed by atoms with Gasteiger partial charge in [-0.05, 0) is 36.4 Å². The van der Waals surface area contributed by atoms with Crippen molar-refractivity contribution in [2.24, 2.45) is 0 Å². The molecule has 0 amide bonds. The van der Waals surface area contributed by atoms with Crippen LogP contribution in [-0.4, -0.2) is 4.98 Å². The molecule has 1 heterocycles. The Morgan fingerprint density at radius 3 is 2.93 bits per heavy atom. The minimum atomic E-state index is 0.653. The average Bonchev–Trinajstić information content (AvgIpc) is 2.23. The van der Waals surface area contributed by atoms with Crippen molar-refractivity contribution in [3.05, 3.63) is 47.6 Å². The van der Waals surface area contributed by atoms with E-state index in [2.05, 4.69) is 11.1 Å². The smallest absolute Gasteiger partial charge is 0.0729 e. The Morgan fingerprint density at radius 2 is 2.21 bits per heavy atom. The molecule has 14 heavy (non-hydrogen) atoms. The Morgan fingerprint density at radius 1 is 1.36 bits per heavy atom. The highest BCUT2D eigenvalue weighted by atomic mass is 35.5. The number of hydrogen-bond acceptors (Lipinski definition) is 2. The molecule has 2 nitrogen and oxygen atoms in total. The molecule has 0 aliphatic heterocycles. The van der Waals surface area contributed by atoms with E-state index >= 15 is 0 Å². The number of benzene rings is 1. The van der Waals surface area contributed by atoms with E-state index in [1.807, 2.05) is 0 Å². The maximum atomic E-state index is 5.87. The van der Waals surface area contributed by atoms with Crippen LogP contribution in [0.15, 0.2) is 36.5 Å². The van der Waals surface area contributed by atoms with Crippen LogP contribution in [0, 0.1) is 6.07 Å². The first-order valence-corrected chi connectivity index (χ1v) is 4.52. The Bertz CT molecular complexity index is 440. The van der Waals surface area contributed by atoms with Crippen molar-refractivity contribution < 1.29 is 0 Å². The van der Waals surface area contributed by atoms with Crippen molar-refractivity contribution in [1.82, 2.24) is 4.98 Å². The largest absolute Gasteiger partial charge is 0.398 e. The molecule has 1 radical (unpaired) electrons. The third-order valence-corrected chi connectivity index (χ3v) is 2.13. The maximum absolute atomic E-state index is 5.87. The first kappa shape index (κ1) is 9.03.